The van der Waals surface area contributed by atoms with Crippen LogP contribution in [0.4, 0.5) is 5.69 Å². The number of aromatic nitrogens is 1. The van der Waals surface area contributed by atoms with Crippen molar-refractivity contribution in [3.8, 4) is 5.88 Å². The Labute approximate surface area is 170 Å². The topological polar surface area (TPSA) is 77.6 Å². The molecular formula is C21H15N2O3S2-. The predicted octanol–water partition coefficient (Wildman–Crippen LogP) is 3.77. The number of hydrogen-bond acceptors (Lipinski definition) is 6. The molecule has 4 rings (SSSR count). The van der Waals surface area contributed by atoms with E-state index in [1.807, 2.05) is 54.6 Å². The molecule has 1 aliphatic heterocycles. The first-order chi connectivity index (χ1) is 13.5. The second-order valence-electron chi connectivity index (χ2n) is 6.33. The molecule has 0 spiro atoms. The van der Waals surface area contributed by atoms with E-state index >= 15 is 0 Å². The van der Waals surface area contributed by atoms with E-state index in [0.29, 0.717) is 4.88 Å². The van der Waals surface area contributed by atoms with Gasteiger partial charge in [0, 0.05) is 17.4 Å². The van der Waals surface area contributed by atoms with E-state index in [2.05, 4.69) is 4.99 Å². The molecule has 2 aromatic carbocycles. The molecule has 0 radical (unpaired) electrons. The fraction of sp³-hybridized carbons (Fsp3) is 0.0952. The quantitative estimate of drug-likeness (QED) is 0.653. The second kappa shape index (κ2) is 7.53. The first-order valence-electron chi connectivity index (χ1n) is 8.59. The molecular weight excluding hydrogens is 392 g/mol. The van der Waals surface area contributed by atoms with Crippen LogP contribution < -0.4 is 5.11 Å². The molecule has 5 nitrogen and oxygen atoms in total. The first kappa shape index (κ1) is 18.3. The van der Waals surface area contributed by atoms with E-state index in [1.165, 1.54) is 4.57 Å². The van der Waals surface area contributed by atoms with Crippen molar-refractivity contribution in [3.05, 3.63) is 74.6 Å². The fourth-order valence-corrected chi connectivity index (χ4v) is 4.53. The lowest BCUT2D eigenvalue weighted by Crippen LogP contribution is -2.34. The molecule has 0 unspecified atom stereocenters. The van der Waals surface area contributed by atoms with E-state index in [9.17, 15) is 15.0 Å². The number of para-hydroxylation sites is 1. The van der Waals surface area contributed by atoms with Crippen molar-refractivity contribution in [3.63, 3.8) is 0 Å². The second-order valence-corrected chi connectivity index (χ2v) is 8.00. The number of rotatable bonds is 5. The van der Waals surface area contributed by atoms with Gasteiger partial charge in [0.05, 0.1) is 22.6 Å². The number of carbonyl (C=O) groups is 1. The minimum atomic E-state index is -1.29. The highest BCUT2D eigenvalue weighted by Gasteiger charge is 2.22. The zero-order valence-electron chi connectivity index (χ0n) is 14.6. The van der Waals surface area contributed by atoms with E-state index in [-0.39, 0.29) is 16.3 Å². The molecule has 2 heterocycles. The highest BCUT2D eigenvalue weighted by Crippen LogP contribution is 2.37. The monoisotopic (exact) mass is 407 g/mol. The Morgan fingerprint density at radius 3 is 2.68 bits per heavy atom. The van der Waals surface area contributed by atoms with Crippen LogP contribution in [0.3, 0.4) is 0 Å². The number of allylic oxidation sites excluding steroid dienone is 1. The summed E-state index contributed by atoms with van der Waals surface area (Å²) >= 11 is 6.52. The van der Waals surface area contributed by atoms with Crippen molar-refractivity contribution in [1.82, 2.24) is 4.57 Å². The largest absolute Gasteiger partial charge is 0.548 e. The molecule has 7 heteroatoms. The molecule has 1 aromatic heterocycles. The zero-order chi connectivity index (χ0) is 19.7. The smallest absolute Gasteiger partial charge is 0.211 e. The third-order valence-electron chi connectivity index (χ3n) is 4.54. The van der Waals surface area contributed by atoms with Crippen LogP contribution in [0.1, 0.15) is 22.0 Å². The zero-order valence-corrected chi connectivity index (χ0v) is 16.2. The predicted molar refractivity (Wildman–Crippen MR) is 111 cm³/mol. The number of hydrogen-bond donors (Lipinski definition) is 1. The van der Waals surface area contributed by atoms with Crippen molar-refractivity contribution in [2.24, 2.45) is 4.99 Å². The van der Waals surface area contributed by atoms with Gasteiger partial charge in [0.1, 0.15) is 0 Å². The number of aliphatic carboxylic acids is 1. The van der Waals surface area contributed by atoms with Gasteiger partial charge in [-0.25, -0.2) is 0 Å². The van der Waals surface area contributed by atoms with Crippen molar-refractivity contribution in [1.29, 1.82) is 0 Å². The molecule has 0 bridgehead atoms. The lowest BCUT2D eigenvalue weighted by Gasteiger charge is -2.20. The Hall–Kier alpha value is -3.03. The standard InChI is InChI=1S/C21H16N2O3S2/c24-19-18(11-14-12-22-16-9-5-4-8-15(14)16)28-21(27)23(19)17(20(25)26)10-13-6-2-1-3-7-13/h1-9,11-12,17,24H,10H2,(H,25,26)/p-1/b14-11+/t17-/m0/s1. The summed E-state index contributed by atoms with van der Waals surface area (Å²) in [6.07, 6.45) is 3.66. The van der Waals surface area contributed by atoms with Crippen molar-refractivity contribution < 1.29 is 15.0 Å². The van der Waals surface area contributed by atoms with E-state index < -0.39 is 12.0 Å². The SMILES string of the molecule is O=C([O-])[C@H](Cc1ccccc1)n1c(O)c(/C=C2\C=Nc3ccccc32)sc1=S. The Kier molecular flexibility index (Phi) is 4.93. The molecule has 1 atom stereocenters. The Morgan fingerprint density at radius 1 is 1.21 bits per heavy atom. The maximum Gasteiger partial charge on any atom is 0.211 e. The van der Waals surface area contributed by atoms with Crippen molar-refractivity contribution in [2.75, 3.05) is 0 Å². The van der Waals surface area contributed by atoms with E-state index in [4.69, 9.17) is 12.2 Å². The number of carboxylic acids is 1. The summed E-state index contributed by atoms with van der Waals surface area (Å²) in [6, 6.07) is 15.8. The van der Waals surface area contributed by atoms with Gasteiger partial charge in [-0.05, 0) is 36.3 Å². The van der Waals surface area contributed by atoms with Crippen LogP contribution in [0, 0.1) is 3.95 Å². The Morgan fingerprint density at radius 2 is 1.93 bits per heavy atom. The van der Waals surface area contributed by atoms with Gasteiger partial charge in [-0.1, -0.05) is 48.5 Å². The van der Waals surface area contributed by atoms with E-state index in [1.54, 1.807) is 12.3 Å². The molecule has 3 aromatic rings. The van der Waals surface area contributed by atoms with Crippen LogP contribution in [0.25, 0.3) is 11.6 Å². The van der Waals surface area contributed by atoms with Gasteiger partial charge in [0.2, 0.25) is 5.88 Å². The van der Waals surface area contributed by atoms with Crippen LogP contribution in [-0.4, -0.2) is 21.9 Å². The number of benzene rings is 2. The number of carboxylic acid groups (broad SMARTS) is 1. The number of aromatic hydroxyl groups is 1. The minimum Gasteiger partial charge on any atom is -0.548 e. The van der Waals surface area contributed by atoms with Crippen LogP contribution in [-0.2, 0) is 11.2 Å². The van der Waals surface area contributed by atoms with Crippen molar-refractivity contribution >= 4 is 53.1 Å². The Bertz CT molecular complexity index is 1160. The van der Waals surface area contributed by atoms with Crippen LogP contribution in [0.15, 0.2) is 59.6 Å². The van der Waals surface area contributed by atoms with Crippen molar-refractivity contribution in [2.45, 2.75) is 12.5 Å². The number of thiazole rings is 1. The minimum absolute atomic E-state index is 0.169. The van der Waals surface area contributed by atoms with Gasteiger partial charge >= 0.3 is 0 Å². The lowest BCUT2D eigenvalue weighted by molar-refractivity contribution is -0.310. The summed E-state index contributed by atoms with van der Waals surface area (Å²) in [7, 11) is 0. The summed E-state index contributed by atoms with van der Waals surface area (Å²) in [4.78, 5) is 16.6. The molecule has 0 aliphatic carbocycles. The fourth-order valence-electron chi connectivity index (χ4n) is 3.18. The van der Waals surface area contributed by atoms with Gasteiger partial charge in [0.15, 0.2) is 3.95 Å². The highest BCUT2D eigenvalue weighted by atomic mass is 32.1. The third-order valence-corrected chi connectivity index (χ3v) is 5.88. The number of carbonyl (C=O) groups excluding carboxylic acids is 1. The van der Waals surface area contributed by atoms with Gasteiger partial charge in [-0.3, -0.25) is 9.56 Å². The van der Waals surface area contributed by atoms with Crippen LogP contribution in [0.5, 0.6) is 5.88 Å². The number of fused-ring (bicyclic) bond motifs is 1. The molecule has 1 aliphatic rings. The molecule has 0 amide bonds. The van der Waals surface area contributed by atoms with Gasteiger partial charge in [-0.2, -0.15) is 0 Å². The molecule has 140 valence electrons. The maximum atomic E-state index is 11.8. The normalized spacial score (nSPS) is 14.9. The molecule has 0 saturated heterocycles. The summed E-state index contributed by atoms with van der Waals surface area (Å²) in [5.74, 6) is -1.47. The molecule has 0 fully saturated rings. The number of nitrogens with zero attached hydrogens (tertiary/aromatic N) is 2. The molecule has 0 saturated carbocycles. The van der Waals surface area contributed by atoms with Gasteiger partial charge in [0.25, 0.3) is 0 Å². The summed E-state index contributed by atoms with van der Waals surface area (Å²) in [5, 5.41) is 22.5. The van der Waals surface area contributed by atoms with E-state index in [0.717, 1.165) is 33.7 Å². The highest BCUT2D eigenvalue weighted by molar-refractivity contribution is 7.73. The van der Waals surface area contributed by atoms with Crippen LogP contribution in [0.2, 0.25) is 0 Å². The summed E-state index contributed by atoms with van der Waals surface area (Å²) < 4.78 is 1.53. The maximum absolute atomic E-state index is 11.8. The third kappa shape index (κ3) is 3.42. The molecule has 1 N–H and O–H groups in total. The van der Waals surface area contributed by atoms with Gasteiger partial charge in [-0.15, -0.1) is 11.3 Å². The lowest BCUT2D eigenvalue weighted by atomic mass is 10.1. The Balaban J connectivity index is 1.73. The summed E-state index contributed by atoms with van der Waals surface area (Å²) in [6.45, 7) is 0. The average molecular weight is 407 g/mol. The van der Waals surface area contributed by atoms with Gasteiger partial charge < -0.3 is 15.0 Å². The first-order valence-corrected chi connectivity index (χ1v) is 9.81. The summed E-state index contributed by atoms with van der Waals surface area (Å²) in [5.41, 5.74) is 3.46. The molecule has 28 heavy (non-hydrogen) atoms. The average Bonchev–Trinajstić information content (AvgIpc) is 3.22. The number of aliphatic imine (C=N–C) groups is 1. The van der Waals surface area contributed by atoms with Crippen LogP contribution >= 0.6 is 23.6 Å².